The van der Waals surface area contributed by atoms with E-state index in [1.54, 1.807) is 17.5 Å². The topological polar surface area (TPSA) is 42.1 Å². The average molecular weight is 268 g/mol. The van der Waals surface area contributed by atoms with Crippen molar-refractivity contribution < 1.29 is 0 Å². The maximum Gasteiger partial charge on any atom is 0.113 e. The van der Waals surface area contributed by atoms with Crippen molar-refractivity contribution in [2.24, 2.45) is 5.73 Å². The predicted molar refractivity (Wildman–Crippen MR) is 66.9 cm³/mol. The minimum atomic E-state index is 0. The van der Waals surface area contributed by atoms with Crippen LogP contribution in [0, 0.1) is 0 Å². The van der Waals surface area contributed by atoms with E-state index in [1.807, 2.05) is 0 Å². The van der Waals surface area contributed by atoms with Gasteiger partial charge in [0, 0.05) is 12.6 Å². The van der Waals surface area contributed by atoms with Gasteiger partial charge in [-0.25, -0.2) is 4.98 Å². The lowest BCUT2D eigenvalue weighted by Gasteiger charge is -2.29. The zero-order valence-electron chi connectivity index (χ0n) is 8.36. The van der Waals surface area contributed by atoms with Crippen molar-refractivity contribution >= 4 is 35.3 Å². The maximum atomic E-state index is 5.90. The van der Waals surface area contributed by atoms with Gasteiger partial charge in [0.15, 0.2) is 0 Å². The summed E-state index contributed by atoms with van der Waals surface area (Å²) in [6, 6.07) is 0.333. The van der Waals surface area contributed by atoms with Gasteiger partial charge in [-0.05, 0) is 19.4 Å². The fourth-order valence-corrected chi connectivity index (χ4v) is 2.79. The van der Waals surface area contributed by atoms with E-state index in [2.05, 4.69) is 9.88 Å². The zero-order chi connectivity index (χ0) is 9.97. The molecule has 1 saturated heterocycles. The molecule has 0 radical (unpaired) electrons. The van der Waals surface area contributed by atoms with Crippen molar-refractivity contribution in [1.29, 1.82) is 0 Å². The van der Waals surface area contributed by atoms with Gasteiger partial charge in [0.1, 0.15) is 9.34 Å². The van der Waals surface area contributed by atoms with Gasteiger partial charge in [-0.1, -0.05) is 11.6 Å². The molecule has 0 aromatic carbocycles. The molecule has 1 aliphatic rings. The molecule has 0 saturated carbocycles. The van der Waals surface area contributed by atoms with Crippen LogP contribution in [0.1, 0.15) is 17.8 Å². The molecule has 1 atom stereocenters. The molecular formula is C9H15Cl2N3S. The summed E-state index contributed by atoms with van der Waals surface area (Å²) in [6.45, 7) is 3.01. The number of rotatable bonds is 2. The van der Waals surface area contributed by atoms with E-state index in [-0.39, 0.29) is 12.4 Å². The molecule has 0 unspecified atom stereocenters. The summed E-state index contributed by atoms with van der Waals surface area (Å²) in [5.74, 6) is 0. The number of hydrogen-bond donors (Lipinski definition) is 1. The van der Waals surface area contributed by atoms with Crippen LogP contribution >= 0.6 is 35.3 Å². The second-order valence-electron chi connectivity index (χ2n) is 3.70. The molecule has 2 heterocycles. The predicted octanol–water partition coefficient (Wildman–Crippen LogP) is 2.14. The maximum absolute atomic E-state index is 5.90. The second-order valence-corrected chi connectivity index (χ2v) is 5.44. The van der Waals surface area contributed by atoms with Crippen LogP contribution in [-0.2, 0) is 6.54 Å². The Bertz CT molecular complexity index is 305. The summed E-state index contributed by atoms with van der Waals surface area (Å²) in [5, 5.41) is 1.09. The largest absolute Gasteiger partial charge is 0.327 e. The third-order valence-electron chi connectivity index (χ3n) is 2.43. The van der Waals surface area contributed by atoms with E-state index >= 15 is 0 Å². The Hall–Kier alpha value is 0.130. The summed E-state index contributed by atoms with van der Waals surface area (Å²) in [4.78, 5) is 6.59. The standard InChI is InChI=1S/C9H14ClN3S.ClH/c10-8-4-12-9(14-8)6-13-3-1-2-7(11)5-13;/h4,7H,1-3,5-6,11H2;1H/t7-;/m1./s1. The lowest BCUT2D eigenvalue weighted by molar-refractivity contribution is 0.201. The number of nitrogens with two attached hydrogens (primary N) is 1. The molecule has 0 amide bonds. The van der Waals surface area contributed by atoms with Crippen molar-refractivity contribution in [3.05, 3.63) is 15.5 Å². The number of piperidine rings is 1. The third-order valence-corrected chi connectivity index (χ3v) is 3.53. The molecule has 1 aliphatic heterocycles. The molecule has 6 heteroatoms. The molecule has 86 valence electrons. The highest BCUT2D eigenvalue weighted by molar-refractivity contribution is 7.15. The van der Waals surface area contributed by atoms with Gasteiger partial charge in [0.2, 0.25) is 0 Å². The van der Waals surface area contributed by atoms with Crippen LogP contribution in [0.5, 0.6) is 0 Å². The van der Waals surface area contributed by atoms with Crippen LogP contribution in [0.25, 0.3) is 0 Å². The fourth-order valence-electron chi connectivity index (χ4n) is 1.79. The van der Waals surface area contributed by atoms with E-state index in [0.29, 0.717) is 6.04 Å². The number of likely N-dealkylation sites (tertiary alicyclic amines) is 1. The summed E-state index contributed by atoms with van der Waals surface area (Å²) < 4.78 is 0.765. The van der Waals surface area contributed by atoms with E-state index < -0.39 is 0 Å². The minimum Gasteiger partial charge on any atom is -0.327 e. The van der Waals surface area contributed by atoms with Gasteiger partial charge in [-0.2, -0.15) is 0 Å². The Morgan fingerprint density at radius 2 is 2.47 bits per heavy atom. The number of nitrogens with zero attached hydrogens (tertiary/aromatic N) is 2. The molecule has 2 N–H and O–H groups in total. The Morgan fingerprint density at radius 3 is 3.07 bits per heavy atom. The van der Waals surface area contributed by atoms with Crippen LogP contribution in [0.15, 0.2) is 6.20 Å². The number of thiazole rings is 1. The monoisotopic (exact) mass is 267 g/mol. The van der Waals surface area contributed by atoms with E-state index in [4.69, 9.17) is 17.3 Å². The van der Waals surface area contributed by atoms with Crippen molar-refractivity contribution in [2.75, 3.05) is 13.1 Å². The molecule has 0 spiro atoms. The average Bonchev–Trinajstić information content (AvgIpc) is 2.51. The number of aromatic nitrogens is 1. The van der Waals surface area contributed by atoms with Gasteiger partial charge in [-0.3, -0.25) is 4.90 Å². The molecule has 1 aromatic heterocycles. The minimum absolute atomic E-state index is 0. The van der Waals surface area contributed by atoms with Gasteiger partial charge < -0.3 is 5.73 Å². The first-order valence-corrected chi connectivity index (χ1v) is 6.01. The van der Waals surface area contributed by atoms with Gasteiger partial charge in [-0.15, -0.1) is 23.7 Å². The highest BCUT2D eigenvalue weighted by Crippen LogP contribution is 2.20. The first-order chi connectivity index (χ1) is 6.74. The summed E-state index contributed by atoms with van der Waals surface area (Å²) in [5.41, 5.74) is 5.90. The van der Waals surface area contributed by atoms with E-state index in [1.165, 1.54) is 6.42 Å². The lowest BCUT2D eigenvalue weighted by Crippen LogP contribution is -2.42. The highest BCUT2D eigenvalue weighted by atomic mass is 35.5. The van der Waals surface area contributed by atoms with Crippen LogP contribution in [0.2, 0.25) is 4.34 Å². The highest BCUT2D eigenvalue weighted by Gasteiger charge is 2.17. The molecular weight excluding hydrogens is 253 g/mol. The van der Waals surface area contributed by atoms with Crippen LogP contribution in [-0.4, -0.2) is 29.0 Å². The van der Waals surface area contributed by atoms with Gasteiger partial charge >= 0.3 is 0 Å². The SMILES string of the molecule is Cl.N[C@@H]1CCCN(Cc2ncc(Cl)s2)C1. The molecule has 1 aromatic rings. The quantitative estimate of drug-likeness (QED) is 0.893. The number of halogens is 2. The van der Waals surface area contributed by atoms with Gasteiger partial charge in [0.05, 0.1) is 12.7 Å². The summed E-state index contributed by atoms with van der Waals surface area (Å²) in [6.07, 6.45) is 4.06. The smallest absolute Gasteiger partial charge is 0.113 e. The fraction of sp³-hybridized carbons (Fsp3) is 0.667. The van der Waals surface area contributed by atoms with Crippen molar-refractivity contribution in [3.8, 4) is 0 Å². The molecule has 3 nitrogen and oxygen atoms in total. The lowest BCUT2D eigenvalue weighted by atomic mass is 10.1. The van der Waals surface area contributed by atoms with Crippen LogP contribution in [0.4, 0.5) is 0 Å². The molecule has 2 rings (SSSR count). The van der Waals surface area contributed by atoms with Crippen molar-refractivity contribution in [1.82, 2.24) is 9.88 Å². The Labute approximate surface area is 105 Å². The van der Waals surface area contributed by atoms with E-state index in [0.717, 1.165) is 35.4 Å². The normalized spacial score (nSPS) is 22.4. The Morgan fingerprint density at radius 1 is 1.67 bits per heavy atom. The first-order valence-electron chi connectivity index (χ1n) is 4.82. The molecule has 15 heavy (non-hydrogen) atoms. The summed E-state index contributed by atoms with van der Waals surface area (Å²) in [7, 11) is 0. The second kappa shape index (κ2) is 6.01. The van der Waals surface area contributed by atoms with Crippen molar-refractivity contribution in [2.45, 2.75) is 25.4 Å². The molecule has 0 bridgehead atoms. The van der Waals surface area contributed by atoms with Crippen molar-refractivity contribution in [3.63, 3.8) is 0 Å². The summed E-state index contributed by atoms with van der Waals surface area (Å²) >= 11 is 7.37. The first kappa shape index (κ1) is 13.2. The molecule has 1 fully saturated rings. The third kappa shape index (κ3) is 3.89. The van der Waals surface area contributed by atoms with Crippen LogP contribution < -0.4 is 5.73 Å². The Balaban J connectivity index is 0.00000112. The number of hydrogen-bond acceptors (Lipinski definition) is 4. The molecule has 0 aliphatic carbocycles. The van der Waals surface area contributed by atoms with Crippen LogP contribution in [0.3, 0.4) is 0 Å². The van der Waals surface area contributed by atoms with Gasteiger partial charge in [0.25, 0.3) is 0 Å². The Kier molecular flexibility index (Phi) is 5.29. The van der Waals surface area contributed by atoms with E-state index in [9.17, 15) is 0 Å². The zero-order valence-corrected chi connectivity index (χ0v) is 10.7.